The highest BCUT2D eigenvalue weighted by Gasteiger charge is 2.33. The second kappa shape index (κ2) is 9.39. The molecular formula is C20H30IN5. The monoisotopic (exact) mass is 467 g/mol. The fourth-order valence-corrected chi connectivity index (χ4v) is 3.05. The number of aryl methyl sites for hydroxylation is 1. The number of hydrogen-bond donors (Lipinski definition) is 2. The predicted octanol–water partition coefficient (Wildman–Crippen LogP) is 3.63. The molecule has 0 radical (unpaired) electrons. The minimum absolute atomic E-state index is 0. The van der Waals surface area contributed by atoms with Crippen molar-refractivity contribution >= 4 is 29.9 Å². The van der Waals surface area contributed by atoms with Crippen LogP contribution in [0.3, 0.4) is 0 Å². The van der Waals surface area contributed by atoms with Crippen LogP contribution >= 0.6 is 24.0 Å². The van der Waals surface area contributed by atoms with Crippen molar-refractivity contribution in [3.63, 3.8) is 0 Å². The van der Waals surface area contributed by atoms with Crippen LogP contribution in [0.5, 0.6) is 0 Å². The maximum absolute atomic E-state index is 4.78. The van der Waals surface area contributed by atoms with E-state index in [0.717, 1.165) is 30.7 Å². The summed E-state index contributed by atoms with van der Waals surface area (Å²) in [5.41, 5.74) is 4.74. The number of benzene rings is 1. The average molecular weight is 467 g/mol. The summed E-state index contributed by atoms with van der Waals surface area (Å²) in [6.07, 6.45) is 1.23. The maximum Gasteiger partial charge on any atom is 0.191 e. The van der Waals surface area contributed by atoms with Gasteiger partial charge in [-0.2, -0.15) is 5.10 Å². The maximum atomic E-state index is 4.78. The van der Waals surface area contributed by atoms with Crippen LogP contribution in [0.25, 0.3) is 0 Å². The highest BCUT2D eigenvalue weighted by Crippen LogP contribution is 2.28. The Balaban J connectivity index is 0.00000243. The second-order valence-electron chi connectivity index (χ2n) is 6.95. The molecule has 1 heterocycles. The first-order valence-corrected chi connectivity index (χ1v) is 9.20. The van der Waals surface area contributed by atoms with Crippen LogP contribution in [0.1, 0.15) is 42.8 Å². The Labute approximate surface area is 173 Å². The molecule has 1 aliphatic rings. The standard InChI is InChI=1S/C20H29N5.HI/c1-5-21-20(23-19-11-14(19)2)22-12-18-15(3)24-25(16(18)4)13-17-9-7-6-8-10-17;/h6-10,14,19H,5,11-13H2,1-4H3,(H2,21,22,23);1H. The number of guanidine groups is 1. The quantitative estimate of drug-likeness (QED) is 0.388. The number of nitrogens with one attached hydrogen (secondary N) is 2. The Kier molecular flexibility index (Phi) is 7.49. The lowest BCUT2D eigenvalue weighted by atomic mass is 10.2. The normalized spacial score (nSPS) is 19.0. The Hall–Kier alpha value is -1.57. The molecule has 5 nitrogen and oxygen atoms in total. The van der Waals surface area contributed by atoms with Crippen molar-refractivity contribution in [3.05, 3.63) is 52.8 Å². The lowest BCUT2D eigenvalue weighted by Crippen LogP contribution is -2.39. The molecular weight excluding hydrogens is 437 g/mol. The molecule has 0 spiro atoms. The lowest BCUT2D eigenvalue weighted by molar-refractivity contribution is 0.658. The van der Waals surface area contributed by atoms with Gasteiger partial charge < -0.3 is 10.6 Å². The van der Waals surface area contributed by atoms with E-state index in [4.69, 9.17) is 10.1 Å². The number of halogens is 1. The van der Waals surface area contributed by atoms with Crippen LogP contribution in [-0.4, -0.2) is 28.3 Å². The van der Waals surface area contributed by atoms with Gasteiger partial charge in [0.2, 0.25) is 0 Å². The molecule has 1 saturated carbocycles. The number of rotatable bonds is 6. The molecule has 26 heavy (non-hydrogen) atoms. The first kappa shape index (κ1) is 20.7. The predicted molar refractivity (Wildman–Crippen MR) is 118 cm³/mol. The summed E-state index contributed by atoms with van der Waals surface area (Å²) in [6, 6.07) is 11.0. The largest absolute Gasteiger partial charge is 0.357 e. The molecule has 0 amide bonds. The zero-order valence-electron chi connectivity index (χ0n) is 16.1. The Morgan fingerprint density at radius 3 is 2.58 bits per heavy atom. The van der Waals surface area contributed by atoms with Gasteiger partial charge in [-0.15, -0.1) is 24.0 Å². The summed E-state index contributed by atoms with van der Waals surface area (Å²) in [5, 5.41) is 11.6. The zero-order chi connectivity index (χ0) is 17.8. The summed E-state index contributed by atoms with van der Waals surface area (Å²) in [4.78, 5) is 4.78. The topological polar surface area (TPSA) is 54.2 Å². The molecule has 1 fully saturated rings. The SMILES string of the molecule is CCNC(=NCc1c(C)nn(Cc2ccccc2)c1C)NC1CC1C.I. The smallest absolute Gasteiger partial charge is 0.191 e. The minimum atomic E-state index is 0. The molecule has 142 valence electrons. The summed E-state index contributed by atoms with van der Waals surface area (Å²) in [7, 11) is 0. The Morgan fingerprint density at radius 2 is 1.96 bits per heavy atom. The molecule has 3 rings (SSSR count). The van der Waals surface area contributed by atoms with Gasteiger partial charge in [-0.25, -0.2) is 4.99 Å². The third-order valence-electron chi connectivity index (χ3n) is 4.88. The Bertz CT molecular complexity index is 738. The van der Waals surface area contributed by atoms with E-state index in [0.29, 0.717) is 12.6 Å². The first-order chi connectivity index (χ1) is 12.1. The van der Waals surface area contributed by atoms with Gasteiger partial charge >= 0.3 is 0 Å². The summed E-state index contributed by atoms with van der Waals surface area (Å²) < 4.78 is 2.08. The molecule has 1 aromatic heterocycles. The van der Waals surface area contributed by atoms with Crippen molar-refractivity contribution in [1.29, 1.82) is 0 Å². The van der Waals surface area contributed by atoms with E-state index in [9.17, 15) is 0 Å². The number of nitrogens with zero attached hydrogens (tertiary/aromatic N) is 3. The van der Waals surface area contributed by atoms with E-state index < -0.39 is 0 Å². The molecule has 1 aromatic carbocycles. The van der Waals surface area contributed by atoms with Crippen molar-refractivity contribution in [2.45, 2.75) is 53.2 Å². The van der Waals surface area contributed by atoms with Gasteiger partial charge in [-0.05, 0) is 38.7 Å². The van der Waals surface area contributed by atoms with Crippen LogP contribution in [0.4, 0.5) is 0 Å². The van der Waals surface area contributed by atoms with Crippen LogP contribution in [0, 0.1) is 19.8 Å². The molecule has 0 saturated heterocycles. The molecule has 1 aliphatic carbocycles. The van der Waals surface area contributed by atoms with Crippen molar-refractivity contribution in [2.24, 2.45) is 10.9 Å². The molecule has 6 heteroatoms. The third-order valence-corrected chi connectivity index (χ3v) is 4.88. The van der Waals surface area contributed by atoms with Gasteiger partial charge in [0.05, 0.1) is 18.8 Å². The molecule has 2 N–H and O–H groups in total. The van der Waals surface area contributed by atoms with Crippen molar-refractivity contribution in [1.82, 2.24) is 20.4 Å². The van der Waals surface area contributed by atoms with Crippen LogP contribution in [0.15, 0.2) is 35.3 Å². The Morgan fingerprint density at radius 1 is 1.27 bits per heavy atom. The van der Waals surface area contributed by atoms with E-state index in [-0.39, 0.29) is 24.0 Å². The lowest BCUT2D eigenvalue weighted by Gasteiger charge is -2.11. The summed E-state index contributed by atoms with van der Waals surface area (Å²) in [5.74, 6) is 1.66. The van der Waals surface area contributed by atoms with Gasteiger partial charge in [0, 0.05) is 23.8 Å². The van der Waals surface area contributed by atoms with E-state index in [1.807, 2.05) is 6.07 Å². The van der Waals surface area contributed by atoms with E-state index >= 15 is 0 Å². The molecule has 2 aromatic rings. The van der Waals surface area contributed by atoms with E-state index in [2.05, 4.69) is 67.3 Å². The summed E-state index contributed by atoms with van der Waals surface area (Å²) in [6.45, 7) is 10.9. The van der Waals surface area contributed by atoms with Gasteiger partial charge in [-0.1, -0.05) is 37.3 Å². The van der Waals surface area contributed by atoms with Crippen LogP contribution < -0.4 is 10.6 Å². The molecule has 2 atom stereocenters. The van der Waals surface area contributed by atoms with Gasteiger partial charge in [-0.3, -0.25) is 4.68 Å². The third kappa shape index (κ3) is 5.22. The van der Waals surface area contributed by atoms with Crippen LogP contribution in [0.2, 0.25) is 0 Å². The van der Waals surface area contributed by atoms with Gasteiger partial charge in [0.15, 0.2) is 5.96 Å². The highest BCUT2D eigenvalue weighted by molar-refractivity contribution is 14.0. The van der Waals surface area contributed by atoms with Gasteiger partial charge in [0.1, 0.15) is 0 Å². The fraction of sp³-hybridized carbons (Fsp3) is 0.500. The van der Waals surface area contributed by atoms with Crippen molar-refractivity contribution in [3.8, 4) is 0 Å². The van der Waals surface area contributed by atoms with Crippen molar-refractivity contribution < 1.29 is 0 Å². The molecule has 0 aliphatic heterocycles. The second-order valence-corrected chi connectivity index (χ2v) is 6.95. The zero-order valence-corrected chi connectivity index (χ0v) is 18.5. The highest BCUT2D eigenvalue weighted by atomic mass is 127. The molecule has 0 bridgehead atoms. The summed E-state index contributed by atoms with van der Waals surface area (Å²) >= 11 is 0. The van der Waals surface area contributed by atoms with Crippen LogP contribution in [-0.2, 0) is 13.1 Å². The fourth-order valence-electron chi connectivity index (χ4n) is 3.05. The first-order valence-electron chi connectivity index (χ1n) is 9.20. The number of aromatic nitrogens is 2. The average Bonchev–Trinajstić information content (AvgIpc) is 3.22. The number of hydrogen-bond acceptors (Lipinski definition) is 2. The van der Waals surface area contributed by atoms with E-state index in [1.54, 1.807) is 0 Å². The van der Waals surface area contributed by atoms with Gasteiger partial charge in [0.25, 0.3) is 0 Å². The number of aliphatic imine (C=N–C) groups is 1. The van der Waals surface area contributed by atoms with E-state index in [1.165, 1.54) is 23.2 Å². The molecule has 2 unspecified atom stereocenters. The van der Waals surface area contributed by atoms with Crippen molar-refractivity contribution in [2.75, 3.05) is 6.54 Å². The minimum Gasteiger partial charge on any atom is -0.357 e.